The highest BCUT2D eigenvalue weighted by molar-refractivity contribution is 6.31. The molecule has 0 bridgehead atoms. The Morgan fingerprint density at radius 1 is 1.40 bits per heavy atom. The summed E-state index contributed by atoms with van der Waals surface area (Å²) in [6, 6.07) is 5.77. The number of nitrogens with one attached hydrogen (secondary N) is 1. The third kappa shape index (κ3) is 2.68. The van der Waals surface area contributed by atoms with Crippen LogP contribution in [0.1, 0.15) is 36.8 Å². The van der Waals surface area contributed by atoms with Crippen molar-refractivity contribution < 1.29 is 4.79 Å². The topological polar surface area (TPSA) is 34.0 Å². The average Bonchev–Trinajstić information content (AvgIpc) is 2.68. The van der Waals surface area contributed by atoms with Crippen LogP contribution in [0.25, 0.3) is 10.9 Å². The molecule has 2 rings (SSSR count). The van der Waals surface area contributed by atoms with Gasteiger partial charge in [0.05, 0.1) is 0 Å². The molecule has 1 N–H and O–H groups in total. The lowest BCUT2D eigenvalue weighted by molar-refractivity contribution is 0.0939. The maximum absolute atomic E-state index is 12.4. The van der Waals surface area contributed by atoms with Crippen molar-refractivity contribution in [2.45, 2.75) is 34.2 Å². The van der Waals surface area contributed by atoms with Crippen LogP contribution < -0.4 is 5.32 Å². The summed E-state index contributed by atoms with van der Waals surface area (Å²) in [7, 11) is 0. The summed E-state index contributed by atoms with van der Waals surface area (Å²) in [5.74, 6) is 0.429. The molecule has 3 nitrogen and oxygen atoms in total. The number of halogens is 1. The van der Waals surface area contributed by atoms with Crippen LogP contribution in [0, 0.1) is 12.8 Å². The number of amides is 1. The largest absolute Gasteiger partial charge is 0.350 e. The smallest absolute Gasteiger partial charge is 0.268 e. The Morgan fingerprint density at radius 2 is 2.10 bits per heavy atom. The zero-order chi connectivity index (χ0) is 14.9. The van der Waals surface area contributed by atoms with Gasteiger partial charge in [-0.3, -0.25) is 4.79 Å². The van der Waals surface area contributed by atoms with E-state index >= 15 is 0 Å². The minimum absolute atomic E-state index is 0.00891. The molecule has 0 atom stereocenters. The van der Waals surface area contributed by atoms with Gasteiger partial charge in [-0.2, -0.15) is 0 Å². The number of hydrogen-bond acceptors (Lipinski definition) is 1. The van der Waals surface area contributed by atoms with Crippen LogP contribution in [-0.2, 0) is 6.54 Å². The van der Waals surface area contributed by atoms with Crippen molar-refractivity contribution in [1.29, 1.82) is 0 Å². The maximum Gasteiger partial charge on any atom is 0.268 e. The first kappa shape index (κ1) is 14.9. The van der Waals surface area contributed by atoms with E-state index in [9.17, 15) is 4.79 Å². The fourth-order valence-corrected chi connectivity index (χ4v) is 2.67. The van der Waals surface area contributed by atoms with Gasteiger partial charge in [0, 0.05) is 29.0 Å². The number of carbonyl (C=O) groups is 1. The third-order valence-electron chi connectivity index (χ3n) is 3.48. The van der Waals surface area contributed by atoms with Crippen LogP contribution in [0.4, 0.5) is 0 Å². The lowest BCUT2D eigenvalue weighted by atomic mass is 10.1. The Bertz CT molecular complexity index is 643. The standard InChI is InChI=1S/C16H21ClN2O/c1-5-19-14-7-6-12(17)8-13(14)11(4)15(19)16(20)18-9-10(2)3/h6-8,10H,5,9H2,1-4H3,(H,18,20). The molecule has 4 heteroatoms. The molecule has 0 spiro atoms. The normalized spacial score (nSPS) is 11.3. The van der Waals surface area contributed by atoms with E-state index in [1.807, 2.05) is 32.0 Å². The highest BCUT2D eigenvalue weighted by atomic mass is 35.5. The predicted molar refractivity (Wildman–Crippen MR) is 84.5 cm³/mol. The Labute approximate surface area is 124 Å². The van der Waals surface area contributed by atoms with Gasteiger partial charge in [0.1, 0.15) is 5.69 Å². The lowest BCUT2D eigenvalue weighted by Crippen LogP contribution is -2.29. The van der Waals surface area contributed by atoms with Gasteiger partial charge >= 0.3 is 0 Å². The average molecular weight is 293 g/mol. The summed E-state index contributed by atoms with van der Waals surface area (Å²) in [6.45, 7) is 9.65. The minimum atomic E-state index is -0.00891. The summed E-state index contributed by atoms with van der Waals surface area (Å²) in [5.41, 5.74) is 2.79. The molecule has 0 saturated carbocycles. The molecule has 2 aromatic rings. The quantitative estimate of drug-likeness (QED) is 0.908. The molecular formula is C16H21ClN2O. The number of benzene rings is 1. The van der Waals surface area contributed by atoms with E-state index in [0.717, 1.165) is 28.7 Å². The van der Waals surface area contributed by atoms with Crippen LogP contribution in [0.15, 0.2) is 18.2 Å². The number of nitrogens with zero attached hydrogens (tertiary/aromatic N) is 1. The van der Waals surface area contributed by atoms with Crippen LogP contribution in [0.3, 0.4) is 0 Å². The van der Waals surface area contributed by atoms with Crippen molar-refractivity contribution in [2.24, 2.45) is 5.92 Å². The molecule has 0 aliphatic heterocycles. The zero-order valence-corrected chi connectivity index (χ0v) is 13.2. The number of aromatic nitrogens is 1. The van der Waals surface area contributed by atoms with Gasteiger partial charge in [-0.1, -0.05) is 25.4 Å². The number of rotatable bonds is 4. The number of carbonyl (C=O) groups excluding carboxylic acids is 1. The van der Waals surface area contributed by atoms with Crippen molar-refractivity contribution in [1.82, 2.24) is 9.88 Å². The molecule has 20 heavy (non-hydrogen) atoms. The molecular weight excluding hydrogens is 272 g/mol. The van der Waals surface area contributed by atoms with E-state index in [1.165, 1.54) is 0 Å². The lowest BCUT2D eigenvalue weighted by Gasteiger charge is -2.11. The van der Waals surface area contributed by atoms with E-state index < -0.39 is 0 Å². The fourth-order valence-electron chi connectivity index (χ4n) is 2.50. The third-order valence-corrected chi connectivity index (χ3v) is 3.72. The molecule has 108 valence electrons. The van der Waals surface area contributed by atoms with Crippen LogP contribution >= 0.6 is 11.6 Å². The van der Waals surface area contributed by atoms with E-state index in [4.69, 9.17) is 11.6 Å². The minimum Gasteiger partial charge on any atom is -0.350 e. The predicted octanol–water partition coefficient (Wildman–Crippen LogP) is 4.01. The van der Waals surface area contributed by atoms with Gasteiger partial charge in [-0.15, -0.1) is 0 Å². The monoisotopic (exact) mass is 292 g/mol. The molecule has 0 radical (unpaired) electrons. The van der Waals surface area contributed by atoms with Gasteiger partial charge in [0.15, 0.2) is 0 Å². The van der Waals surface area contributed by atoms with Crippen molar-refractivity contribution in [3.8, 4) is 0 Å². The molecule has 1 aromatic heterocycles. The van der Waals surface area contributed by atoms with E-state index in [1.54, 1.807) is 0 Å². The second-order valence-electron chi connectivity index (χ2n) is 5.48. The highest BCUT2D eigenvalue weighted by Gasteiger charge is 2.19. The van der Waals surface area contributed by atoms with Crippen molar-refractivity contribution in [3.05, 3.63) is 34.5 Å². The first-order valence-electron chi connectivity index (χ1n) is 7.02. The molecule has 0 saturated heterocycles. The summed E-state index contributed by atoms with van der Waals surface area (Å²) >= 11 is 6.07. The Hall–Kier alpha value is -1.48. The van der Waals surface area contributed by atoms with Crippen LogP contribution in [0.2, 0.25) is 5.02 Å². The van der Waals surface area contributed by atoms with E-state index in [0.29, 0.717) is 17.5 Å². The van der Waals surface area contributed by atoms with Gasteiger partial charge in [0.25, 0.3) is 5.91 Å². The molecule has 0 fully saturated rings. The summed E-state index contributed by atoms with van der Waals surface area (Å²) < 4.78 is 2.05. The van der Waals surface area contributed by atoms with Crippen LogP contribution in [0.5, 0.6) is 0 Å². The molecule has 1 heterocycles. The van der Waals surface area contributed by atoms with Crippen molar-refractivity contribution in [3.63, 3.8) is 0 Å². The zero-order valence-electron chi connectivity index (χ0n) is 12.5. The summed E-state index contributed by atoms with van der Waals surface area (Å²) in [4.78, 5) is 12.4. The Morgan fingerprint density at radius 3 is 2.70 bits per heavy atom. The van der Waals surface area contributed by atoms with Gasteiger partial charge in [0.2, 0.25) is 0 Å². The summed E-state index contributed by atoms with van der Waals surface area (Å²) in [6.07, 6.45) is 0. The van der Waals surface area contributed by atoms with Crippen molar-refractivity contribution >= 4 is 28.4 Å². The van der Waals surface area contributed by atoms with E-state index in [-0.39, 0.29) is 5.91 Å². The SMILES string of the molecule is CCn1c(C(=O)NCC(C)C)c(C)c2cc(Cl)ccc21. The number of hydrogen-bond donors (Lipinski definition) is 1. The van der Waals surface area contributed by atoms with Gasteiger partial charge in [-0.05, 0) is 43.5 Å². The molecule has 1 aromatic carbocycles. The Kier molecular flexibility index (Phi) is 4.39. The first-order chi connectivity index (χ1) is 9.45. The van der Waals surface area contributed by atoms with Crippen molar-refractivity contribution in [2.75, 3.05) is 6.54 Å². The second-order valence-corrected chi connectivity index (χ2v) is 5.92. The van der Waals surface area contributed by atoms with E-state index in [2.05, 4.69) is 23.7 Å². The first-order valence-corrected chi connectivity index (χ1v) is 7.40. The number of fused-ring (bicyclic) bond motifs is 1. The maximum atomic E-state index is 12.4. The van der Waals surface area contributed by atoms with Crippen LogP contribution in [-0.4, -0.2) is 17.0 Å². The molecule has 1 amide bonds. The number of aryl methyl sites for hydroxylation is 2. The van der Waals surface area contributed by atoms with Gasteiger partial charge in [-0.25, -0.2) is 0 Å². The molecule has 0 unspecified atom stereocenters. The molecule has 0 aliphatic rings. The summed E-state index contributed by atoms with van der Waals surface area (Å²) in [5, 5.41) is 4.74. The van der Waals surface area contributed by atoms with Gasteiger partial charge < -0.3 is 9.88 Å². The fraction of sp³-hybridized carbons (Fsp3) is 0.438. The Balaban J connectivity index is 2.52. The highest BCUT2D eigenvalue weighted by Crippen LogP contribution is 2.28. The molecule has 0 aliphatic carbocycles. The second kappa shape index (κ2) is 5.88.